The highest BCUT2D eigenvalue weighted by molar-refractivity contribution is 5.94. The van der Waals surface area contributed by atoms with E-state index in [2.05, 4.69) is 34.0 Å². The fourth-order valence-electron chi connectivity index (χ4n) is 3.72. The molecule has 1 aliphatic rings. The Labute approximate surface area is 166 Å². The van der Waals surface area contributed by atoms with Gasteiger partial charge in [0.15, 0.2) is 0 Å². The van der Waals surface area contributed by atoms with Crippen LogP contribution in [-0.4, -0.2) is 33.9 Å². The molecule has 2 heterocycles. The summed E-state index contributed by atoms with van der Waals surface area (Å²) in [7, 11) is 0. The molecule has 6 heteroatoms. The van der Waals surface area contributed by atoms with Crippen LogP contribution in [0.4, 0.5) is 4.39 Å². The van der Waals surface area contributed by atoms with E-state index in [1.807, 2.05) is 6.92 Å². The van der Waals surface area contributed by atoms with Crippen molar-refractivity contribution in [3.8, 4) is 0 Å². The number of hydrogen-bond donors (Lipinski definition) is 1. The number of carbonyl (C=O) groups is 1. The van der Waals surface area contributed by atoms with Crippen LogP contribution in [0.1, 0.15) is 66.6 Å². The molecular weight excluding hydrogens is 355 g/mol. The third kappa shape index (κ3) is 5.13. The van der Waals surface area contributed by atoms with Crippen molar-refractivity contribution in [1.29, 1.82) is 0 Å². The van der Waals surface area contributed by atoms with Crippen molar-refractivity contribution in [3.05, 3.63) is 58.9 Å². The van der Waals surface area contributed by atoms with Crippen LogP contribution in [0, 0.1) is 18.7 Å². The molecule has 1 aromatic heterocycles. The summed E-state index contributed by atoms with van der Waals surface area (Å²) < 4.78 is 13.0. The third-order valence-corrected chi connectivity index (χ3v) is 5.12. The monoisotopic (exact) mass is 384 g/mol. The normalized spacial score (nSPS) is 17.7. The van der Waals surface area contributed by atoms with Gasteiger partial charge in [-0.15, -0.1) is 0 Å². The fraction of sp³-hybridized carbons (Fsp3) is 0.500. The topological polar surface area (TPSA) is 58.1 Å². The lowest BCUT2D eigenvalue weighted by Crippen LogP contribution is -2.37. The largest absolute Gasteiger partial charge is 0.348 e. The molecular formula is C22H29FN4O. The minimum Gasteiger partial charge on any atom is -0.348 e. The van der Waals surface area contributed by atoms with E-state index in [1.165, 1.54) is 25.0 Å². The van der Waals surface area contributed by atoms with Gasteiger partial charge in [-0.3, -0.25) is 9.69 Å². The zero-order valence-corrected chi connectivity index (χ0v) is 16.9. The SMILES string of the molecule is Cc1nc(C2CCCCN2CC(C)C)ncc1C(=O)NCc1ccc(F)cc1. The van der Waals surface area contributed by atoms with E-state index in [9.17, 15) is 9.18 Å². The van der Waals surface area contributed by atoms with Gasteiger partial charge in [0.1, 0.15) is 11.6 Å². The molecule has 0 radical (unpaired) electrons. The summed E-state index contributed by atoms with van der Waals surface area (Å²) in [5, 5.41) is 2.86. The van der Waals surface area contributed by atoms with Crippen LogP contribution in [0.25, 0.3) is 0 Å². The number of likely N-dealkylation sites (tertiary alicyclic amines) is 1. The molecule has 1 atom stereocenters. The van der Waals surface area contributed by atoms with Crippen LogP contribution in [-0.2, 0) is 6.54 Å². The highest BCUT2D eigenvalue weighted by atomic mass is 19.1. The van der Waals surface area contributed by atoms with Gasteiger partial charge in [0.05, 0.1) is 17.3 Å². The maximum atomic E-state index is 13.0. The number of nitrogens with zero attached hydrogens (tertiary/aromatic N) is 3. The summed E-state index contributed by atoms with van der Waals surface area (Å²) in [6, 6.07) is 6.32. The van der Waals surface area contributed by atoms with E-state index in [0.29, 0.717) is 23.7 Å². The van der Waals surface area contributed by atoms with E-state index >= 15 is 0 Å². The first-order chi connectivity index (χ1) is 13.4. The number of amides is 1. The lowest BCUT2D eigenvalue weighted by molar-refractivity contribution is 0.0948. The zero-order chi connectivity index (χ0) is 20.1. The quantitative estimate of drug-likeness (QED) is 0.817. The number of benzene rings is 1. The molecule has 0 aliphatic carbocycles. The summed E-state index contributed by atoms with van der Waals surface area (Å²) >= 11 is 0. The van der Waals surface area contributed by atoms with Crippen molar-refractivity contribution in [1.82, 2.24) is 20.2 Å². The molecule has 150 valence electrons. The minimum absolute atomic E-state index is 0.212. The number of carbonyl (C=O) groups excluding carboxylic acids is 1. The van der Waals surface area contributed by atoms with Gasteiger partial charge >= 0.3 is 0 Å². The third-order valence-electron chi connectivity index (χ3n) is 5.12. The fourth-order valence-corrected chi connectivity index (χ4v) is 3.72. The standard InChI is InChI=1S/C22H29FN4O/c1-15(2)14-27-11-5-4-6-20(27)21-24-13-19(16(3)26-21)22(28)25-12-17-7-9-18(23)10-8-17/h7-10,13,15,20H,4-6,11-12,14H2,1-3H3,(H,25,28). The summed E-state index contributed by atoms with van der Waals surface area (Å²) in [4.78, 5) is 24.2. The van der Waals surface area contributed by atoms with Crippen LogP contribution >= 0.6 is 0 Å². The second-order valence-corrected chi connectivity index (χ2v) is 7.94. The molecule has 1 saturated heterocycles. The Bertz CT molecular complexity index is 807. The Morgan fingerprint density at radius 3 is 2.71 bits per heavy atom. The summed E-state index contributed by atoms with van der Waals surface area (Å²) in [5.41, 5.74) is 2.02. The van der Waals surface area contributed by atoms with Gasteiger partial charge in [-0.05, 0) is 49.9 Å². The first kappa shape index (κ1) is 20.4. The summed E-state index contributed by atoms with van der Waals surface area (Å²) in [6.45, 7) is 8.76. The first-order valence-electron chi connectivity index (χ1n) is 10.0. The van der Waals surface area contributed by atoms with Gasteiger partial charge in [-0.1, -0.05) is 32.4 Å². The van der Waals surface area contributed by atoms with Gasteiger partial charge in [-0.25, -0.2) is 14.4 Å². The number of piperidine rings is 1. The summed E-state index contributed by atoms with van der Waals surface area (Å²) in [5.74, 6) is 0.909. The number of halogens is 1. The molecule has 1 aliphatic heterocycles. The first-order valence-corrected chi connectivity index (χ1v) is 10.0. The molecule has 28 heavy (non-hydrogen) atoms. The molecule has 1 unspecified atom stereocenters. The molecule has 1 N–H and O–H groups in total. The van der Waals surface area contributed by atoms with E-state index in [1.54, 1.807) is 18.3 Å². The van der Waals surface area contributed by atoms with Crippen molar-refractivity contribution in [3.63, 3.8) is 0 Å². The molecule has 0 saturated carbocycles. The predicted octanol–water partition coefficient (Wildman–Crippen LogP) is 4.04. The average molecular weight is 384 g/mol. The van der Waals surface area contributed by atoms with Crippen molar-refractivity contribution >= 4 is 5.91 Å². The van der Waals surface area contributed by atoms with E-state index < -0.39 is 0 Å². The number of aromatic nitrogens is 2. The molecule has 5 nitrogen and oxygen atoms in total. The molecule has 1 amide bonds. The van der Waals surface area contributed by atoms with Gasteiger partial charge in [0, 0.05) is 19.3 Å². The highest BCUT2D eigenvalue weighted by Crippen LogP contribution is 2.29. The van der Waals surface area contributed by atoms with E-state index in [-0.39, 0.29) is 17.8 Å². The minimum atomic E-state index is -0.288. The maximum absolute atomic E-state index is 13.0. The van der Waals surface area contributed by atoms with E-state index in [0.717, 1.165) is 30.9 Å². The van der Waals surface area contributed by atoms with Crippen LogP contribution in [0.3, 0.4) is 0 Å². The van der Waals surface area contributed by atoms with E-state index in [4.69, 9.17) is 0 Å². The molecule has 0 bridgehead atoms. The lowest BCUT2D eigenvalue weighted by atomic mass is 9.99. The van der Waals surface area contributed by atoms with Gasteiger partial charge < -0.3 is 5.32 Å². The number of hydrogen-bond acceptors (Lipinski definition) is 4. The number of aryl methyl sites for hydroxylation is 1. The molecule has 0 spiro atoms. The van der Waals surface area contributed by atoms with Crippen molar-refractivity contribution in [2.75, 3.05) is 13.1 Å². The van der Waals surface area contributed by atoms with Crippen LogP contribution in [0.2, 0.25) is 0 Å². The number of rotatable bonds is 6. The summed E-state index contributed by atoms with van der Waals surface area (Å²) in [6.07, 6.45) is 5.09. The lowest BCUT2D eigenvalue weighted by Gasteiger charge is -2.35. The van der Waals surface area contributed by atoms with Gasteiger partial charge in [0.25, 0.3) is 5.91 Å². The molecule has 2 aromatic rings. The second-order valence-electron chi connectivity index (χ2n) is 7.94. The van der Waals surface area contributed by atoms with Gasteiger partial charge in [-0.2, -0.15) is 0 Å². The molecule has 1 aromatic carbocycles. The maximum Gasteiger partial charge on any atom is 0.254 e. The van der Waals surface area contributed by atoms with Crippen molar-refractivity contribution < 1.29 is 9.18 Å². The molecule has 3 rings (SSSR count). The predicted molar refractivity (Wildman–Crippen MR) is 107 cm³/mol. The van der Waals surface area contributed by atoms with Crippen molar-refractivity contribution in [2.24, 2.45) is 5.92 Å². The zero-order valence-electron chi connectivity index (χ0n) is 16.9. The highest BCUT2D eigenvalue weighted by Gasteiger charge is 2.27. The Hall–Kier alpha value is -2.34. The smallest absolute Gasteiger partial charge is 0.254 e. The molecule has 1 fully saturated rings. The Balaban J connectivity index is 1.68. The van der Waals surface area contributed by atoms with Gasteiger partial charge in [0.2, 0.25) is 0 Å². The van der Waals surface area contributed by atoms with Crippen molar-refractivity contribution in [2.45, 2.75) is 52.6 Å². The average Bonchev–Trinajstić information content (AvgIpc) is 2.67. The van der Waals surface area contributed by atoms with Crippen LogP contribution in [0.15, 0.2) is 30.5 Å². The Morgan fingerprint density at radius 1 is 1.29 bits per heavy atom. The Kier molecular flexibility index (Phi) is 6.73. The Morgan fingerprint density at radius 2 is 2.04 bits per heavy atom. The second kappa shape index (κ2) is 9.24. The number of nitrogens with one attached hydrogen (secondary N) is 1. The van der Waals surface area contributed by atoms with Crippen LogP contribution in [0.5, 0.6) is 0 Å². The van der Waals surface area contributed by atoms with Crippen LogP contribution < -0.4 is 5.32 Å².